The number of aromatic nitrogens is 1. The third kappa shape index (κ3) is 2.55. The van der Waals surface area contributed by atoms with Crippen molar-refractivity contribution in [3.8, 4) is 0 Å². The lowest BCUT2D eigenvalue weighted by Crippen LogP contribution is -2.60. The first kappa shape index (κ1) is 13.8. The van der Waals surface area contributed by atoms with E-state index < -0.39 is 5.66 Å². The van der Waals surface area contributed by atoms with E-state index in [1.165, 1.54) is 11.3 Å². The average molecular weight is 312 g/mol. The quantitative estimate of drug-likeness (QED) is 0.860. The number of anilines is 1. The van der Waals surface area contributed by atoms with Crippen LogP contribution in [0.2, 0.25) is 0 Å². The Bertz CT molecular complexity index is 547. The van der Waals surface area contributed by atoms with Crippen molar-refractivity contribution in [3.63, 3.8) is 0 Å². The van der Waals surface area contributed by atoms with Crippen LogP contribution >= 0.6 is 23.1 Å². The Morgan fingerprint density at radius 1 is 1.65 bits per heavy atom. The minimum absolute atomic E-state index is 0.203. The summed E-state index contributed by atoms with van der Waals surface area (Å²) in [5.74, 6) is 0.975. The topological polar surface area (TPSA) is 89.6 Å². The molecule has 20 heavy (non-hydrogen) atoms. The molecule has 8 heteroatoms. The molecule has 6 nitrogen and oxygen atoms in total. The highest BCUT2D eigenvalue weighted by atomic mass is 32.2. The molecule has 1 aromatic heterocycles. The molecule has 3 atom stereocenters. The molecule has 3 rings (SSSR count). The van der Waals surface area contributed by atoms with Crippen molar-refractivity contribution in [1.29, 1.82) is 0 Å². The maximum absolute atomic E-state index is 12.3. The van der Waals surface area contributed by atoms with Gasteiger partial charge >= 0.3 is 0 Å². The minimum atomic E-state index is -0.660. The number of fused-ring (bicyclic) bond motifs is 1. The van der Waals surface area contributed by atoms with Gasteiger partial charge in [0.05, 0.1) is 18.3 Å². The zero-order valence-electron chi connectivity index (χ0n) is 11.0. The number of rotatable bonds is 2. The molecule has 3 heterocycles. The minimum Gasteiger partial charge on any atom is -0.375 e. The lowest BCUT2D eigenvalue weighted by molar-refractivity contribution is -0.0531. The molecular formula is C12H16N4O2S2. The highest BCUT2D eigenvalue weighted by molar-refractivity contribution is 8.12. The van der Waals surface area contributed by atoms with Gasteiger partial charge < -0.3 is 15.8 Å². The Hall–Kier alpha value is -1.12. The Morgan fingerprint density at radius 2 is 2.50 bits per heavy atom. The number of ether oxygens (including phenoxy) is 1. The number of amides is 1. The Labute approximate surface area is 125 Å². The van der Waals surface area contributed by atoms with Crippen molar-refractivity contribution >= 4 is 39.7 Å². The molecule has 1 fully saturated rings. The molecule has 1 amide bonds. The van der Waals surface area contributed by atoms with E-state index in [1.54, 1.807) is 22.7 Å². The summed E-state index contributed by atoms with van der Waals surface area (Å²) < 4.78 is 5.71. The number of hydrogen-bond donors (Lipinski definition) is 2. The summed E-state index contributed by atoms with van der Waals surface area (Å²) in [6.07, 6.45) is 1.10. The van der Waals surface area contributed by atoms with Gasteiger partial charge in [0.25, 0.3) is 5.91 Å². The first-order valence-electron chi connectivity index (χ1n) is 6.39. The van der Waals surface area contributed by atoms with Gasteiger partial charge in [0.15, 0.2) is 10.8 Å². The number of nitrogens with zero attached hydrogens (tertiary/aromatic N) is 2. The summed E-state index contributed by atoms with van der Waals surface area (Å²) >= 11 is 2.93. The smallest absolute Gasteiger partial charge is 0.272 e. The number of nitrogen functional groups attached to an aromatic ring is 1. The van der Waals surface area contributed by atoms with Crippen LogP contribution in [0.3, 0.4) is 0 Å². The number of nitrogens with one attached hydrogen (secondary N) is 1. The van der Waals surface area contributed by atoms with Crippen LogP contribution in [0.25, 0.3) is 0 Å². The predicted molar refractivity (Wildman–Crippen MR) is 81.2 cm³/mol. The highest BCUT2D eigenvalue weighted by Crippen LogP contribution is 2.36. The molecule has 1 saturated heterocycles. The van der Waals surface area contributed by atoms with Gasteiger partial charge in [-0.15, -0.1) is 23.1 Å². The van der Waals surface area contributed by atoms with E-state index >= 15 is 0 Å². The fourth-order valence-electron chi connectivity index (χ4n) is 2.51. The second kappa shape index (κ2) is 5.34. The van der Waals surface area contributed by atoms with Gasteiger partial charge in [-0.05, 0) is 13.3 Å². The zero-order valence-corrected chi connectivity index (χ0v) is 12.7. The molecule has 1 aromatic rings. The lowest BCUT2D eigenvalue weighted by Gasteiger charge is -2.44. The van der Waals surface area contributed by atoms with Gasteiger partial charge in [-0.1, -0.05) is 0 Å². The fraction of sp³-hybridized carbons (Fsp3) is 0.583. The van der Waals surface area contributed by atoms with Gasteiger partial charge in [0.2, 0.25) is 0 Å². The Morgan fingerprint density at radius 3 is 3.25 bits per heavy atom. The summed E-state index contributed by atoms with van der Waals surface area (Å²) in [6, 6.07) is 0. The molecule has 2 aliphatic rings. The monoisotopic (exact) mass is 312 g/mol. The molecule has 108 valence electrons. The summed E-state index contributed by atoms with van der Waals surface area (Å²) in [5, 5.41) is 5.04. The Kier molecular flexibility index (Phi) is 3.70. The number of hydrogen-bond acceptors (Lipinski definition) is 7. The average Bonchev–Trinajstić information content (AvgIpc) is 2.86. The van der Waals surface area contributed by atoms with Crippen LogP contribution in [-0.4, -0.2) is 40.6 Å². The van der Waals surface area contributed by atoms with Crippen LogP contribution in [0.15, 0.2) is 10.4 Å². The highest BCUT2D eigenvalue weighted by Gasteiger charge is 2.46. The van der Waals surface area contributed by atoms with E-state index in [1.807, 2.05) is 0 Å². The molecule has 0 radical (unpaired) electrons. The number of thioether (sulfide) groups is 1. The maximum atomic E-state index is 12.3. The van der Waals surface area contributed by atoms with Gasteiger partial charge in [-0.25, -0.2) is 4.98 Å². The molecule has 0 aromatic carbocycles. The van der Waals surface area contributed by atoms with Crippen LogP contribution in [0.4, 0.5) is 5.13 Å². The van der Waals surface area contributed by atoms with E-state index in [4.69, 9.17) is 10.5 Å². The van der Waals surface area contributed by atoms with E-state index in [-0.39, 0.29) is 17.9 Å². The van der Waals surface area contributed by atoms with Crippen LogP contribution < -0.4 is 11.1 Å². The maximum Gasteiger partial charge on any atom is 0.272 e. The Balaban J connectivity index is 1.81. The first-order valence-corrected chi connectivity index (χ1v) is 8.32. The van der Waals surface area contributed by atoms with Crippen molar-refractivity contribution in [2.24, 2.45) is 10.9 Å². The second-order valence-corrected chi connectivity index (χ2v) is 6.84. The molecule has 0 saturated carbocycles. The SMILES string of the molecule is CC1CC2CSC=NC2(NC(=O)c2csc(N)n2)CO1. The third-order valence-electron chi connectivity index (χ3n) is 3.62. The molecule has 0 bridgehead atoms. The fourth-order valence-corrected chi connectivity index (χ4v) is 4.05. The van der Waals surface area contributed by atoms with Crippen LogP contribution in [0.5, 0.6) is 0 Å². The van der Waals surface area contributed by atoms with Crippen molar-refractivity contribution < 1.29 is 9.53 Å². The number of carbonyl (C=O) groups excluding carboxylic acids is 1. The first-order chi connectivity index (χ1) is 9.59. The van der Waals surface area contributed by atoms with Crippen molar-refractivity contribution in [3.05, 3.63) is 11.1 Å². The number of thiazole rings is 1. The third-order valence-corrected chi connectivity index (χ3v) is 5.14. The van der Waals surface area contributed by atoms with Gasteiger partial charge in [0.1, 0.15) is 5.69 Å². The molecule has 0 spiro atoms. The summed E-state index contributed by atoms with van der Waals surface area (Å²) in [5.41, 5.74) is 7.05. The van der Waals surface area contributed by atoms with E-state index in [0.29, 0.717) is 17.4 Å². The second-order valence-electron chi connectivity index (χ2n) is 5.07. The standard InChI is InChI=1S/C12H16N4O2S2/c1-7-2-8-3-19-6-14-12(8,5-18-7)16-10(17)9-4-20-11(13)15-9/h4,6-8H,2-3,5H2,1H3,(H2,13,15)(H,16,17). The molecule has 2 aliphatic heterocycles. The summed E-state index contributed by atoms with van der Waals surface area (Å²) in [4.78, 5) is 20.8. The largest absolute Gasteiger partial charge is 0.375 e. The molecule has 3 unspecified atom stereocenters. The molecule has 0 aliphatic carbocycles. The number of nitrogens with two attached hydrogens (primary N) is 1. The van der Waals surface area contributed by atoms with Crippen molar-refractivity contribution in [2.45, 2.75) is 25.1 Å². The van der Waals surface area contributed by atoms with E-state index in [0.717, 1.165) is 12.2 Å². The zero-order chi connectivity index (χ0) is 14.2. The lowest BCUT2D eigenvalue weighted by atomic mass is 9.87. The van der Waals surface area contributed by atoms with Gasteiger partial charge in [-0.2, -0.15) is 0 Å². The van der Waals surface area contributed by atoms with Gasteiger partial charge in [-0.3, -0.25) is 9.79 Å². The number of aliphatic imine (C=N–C) groups is 1. The van der Waals surface area contributed by atoms with Gasteiger partial charge in [0, 0.05) is 17.1 Å². The predicted octanol–water partition coefficient (Wildman–Crippen LogP) is 1.35. The van der Waals surface area contributed by atoms with Crippen LogP contribution in [0, 0.1) is 5.92 Å². The summed E-state index contributed by atoms with van der Waals surface area (Å²) in [6.45, 7) is 2.46. The van der Waals surface area contributed by atoms with Crippen molar-refractivity contribution in [1.82, 2.24) is 10.3 Å². The molecular weight excluding hydrogens is 296 g/mol. The molecule has 3 N–H and O–H groups in total. The van der Waals surface area contributed by atoms with E-state index in [9.17, 15) is 4.79 Å². The van der Waals surface area contributed by atoms with E-state index in [2.05, 4.69) is 22.2 Å². The van der Waals surface area contributed by atoms with Crippen LogP contribution in [-0.2, 0) is 4.74 Å². The van der Waals surface area contributed by atoms with Crippen LogP contribution in [0.1, 0.15) is 23.8 Å². The summed E-state index contributed by atoms with van der Waals surface area (Å²) in [7, 11) is 0. The number of carbonyl (C=O) groups is 1. The normalized spacial score (nSPS) is 32.6. The van der Waals surface area contributed by atoms with Crippen molar-refractivity contribution in [2.75, 3.05) is 18.1 Å².